The van der Waals surface area contributed by atoms with Crippen LogP contribution in [-0.2, 0) is 0 Å². The molecule has 4 rings (SSSR count). The molecule has 1 aliphatic heterocycles. The Labute approximate surface area is 149 Å². The molecule has 0 bridgehead atoms. The van der Waals surface area contributed by atoms with Crippen molar-refractivity contribution in [2.45, 2.75) is 27.7 Å². The summed E-state index contributed by atoms with van der Waals surface area (Å²) in [7, 11) is 0. The molecule has 0 aliphatic carbocycles. The van der Waals surface area contributed by atoms with Gasteiger partial charge >= 0.3 is 0 Å². The van der Waals surface area contributed by atoms with Gasteiger partial charge in [-0.25, -0.2) is 0 Å². The number of ether oxygens (including phenoxy) is 1. The molecule has 0 saturated heterocycles. The van der Waals surface area contributed by atoms with Gasteiger partial charge in [0.05, 0.1) is 0 Å². The Hall–Kier alpha value is -2.74. The van der Waals surface area contributed by atoms with Gasteiger partial charge in [0, 0.05) is 22.5 Å². The fourth-order valence-corrected chi connectivity index (χ4v) is 3.46. The lowest BCUT2D eigenvalue weighted by molar-refractivity contribution is 0.362. The molecule has 1 aliphatic rings. The lowest BCUT2D eigenvalue weighted by atomic mass is 9.95. The molecule has 2 heterocycles. The van der Waals surface area contributed by atoms with E-state index < -0.39 is 0 Å². The zero-order chi connectivity index (χ0) is 17.6. The van der Waals surface area contributed by atoms with E-state index in [-0.39, 0.29) is 0 Å². The topological polar surface area (TPSA) is 25.0 Å². The lowest BCUT2D eigenvalue weighted by Gasteiger charge is -2.22. The van der Waals surface area contributed by atoms with Gasteiger partial charge in [0.1, 0.15) is 12.4 Å². The molecule has 3 aromatic rings. The monoisotopic (exact) mass is 329 g/mol. The van der Waals surface area contributed by atoms with Crippen molar-refractivity contribution in [1.82, 2.24) is 4.98 Å². The second-order valence-electron chi connectivity index (χ2n) is 6.99. The number of fused-ring (bicyclic) bond motifs is 1. The van der Waals surface area contributed by atoms with Crippen molar-refractivity contribution in [1.29, 1.82) is 0 Å². The Kier molecular flexibility index (Phi) is 3.76. The zero-order valence-corrected chi connectivity index (χ0v) is 15.2. The van der Waals surface area contributed by atoms with Gasteiger partial charge in [-0.05, 0) is 68.2 Å². The number of rotatable bonds is 2. The highest BCUT2D eigenvalue weighted by Crippen LogP contribution is 2.37. The van der Waals surface area contributed by atoms with Crippen LogP contribution in [0.1, 0.15) is 33.5 Å². The maximum atomic E-state index is 6.10. The molecule has 0 fully saturated rings. The largest absolute Gasteiger partial charge is 0.488 e. The van der Waals surface area contributed by atoms with Gasteiger partial charge in [-0.3, -0.25) is 0 Å². The standard InChI is InChI=1S/C23H23NO/c1-14-5-7-18(8-6-14)21-9-10-22(24-21)19-12-20-17(4)15(2)11-16(3)23(20)25-13-19/h5-12,24H,13H2,1-4H3. The van der Waals surface area contributed by atoms with Crippen LogP contribution in [0.5, 0.6) is 5.75 Å². The van der Waals surface area contributed by atoms with Crippen molar-refractivity contribution in [3.63, 3.8) is 0 Å². The van der Waals surface area contributed by atoms with E-state index in [1.165, 1.54) is 39.0 Å². The van der Waals surface area contributed by atoms with Crippen LogP contribution in [0.4, 0.5) is 0 Å². The number of benzene rings is 2. The Balaban J connectivity index is 1.73. The minimum Gasteiger partial charge on any atom is -0.488 e. The summed E-state index contributed by atoms with van der Waals surface area (Å²) in [5.41, 5.74) is 11.0. The first kappa shape index (κ1) is 15.8. The third kappa shape index (κ3) is 2.78. The summed E-state index contributed by atoms with van der Waals surface area (Å²) in [5.74, 6) is 1.03. The average molecular weight is 329 g/mol. The van der Waals surface area contributed by atoms with E-state index in [9.17, 15) is 0 Å². The molecule has 0 unspecified atom stereocenters. The molecule has 2 nitrogen and oxygen atoms in total. The molecule has 0 saturated carbocycles. The SMILES string of the molecule is Cc1ccc(-c2ccc(C3=Cc4c(C)c(C)cc(C)c4OC3)[nH]2)cc1. The molecule has 126 valence electrons. The molecule has 2 aromatic carbocycles. The Morgan fingerprint density at radius 1 is 0.840 bits per heavy atom. The van der Waals surface area contributed by atoms with Gasteiger partial charge in [-0.15, -0.1) is 0 Å². The van der Waals surface area contributed by atoms with E-state index in [0.717, 1.165) is 17.1 Å². The molecule has 2 heteroatoms. The molecular weight excluding hydrogens is 306 g/mol. The number of hydrogen-bond donors (Lipinski definition) is 1. The summed E-state index contributed by atoms with van der Waals surface area (Å²) in [6.45, 7) is 9.16. The number of nitrogens with one attached hydrogen (secondary N) is 1. The summed E-state index contributed by atoms with van der Waals surface area (Å²) in [6.07, 6.45) is 2.28. The average Bonchev–Trinajstić information content (AvgIpc) is 3.10. The third-order valence-electron chi connectivity index (χ3n) is 5.12. The van der Waals surface area contributed by atoms with Crippen LogP contribution in [0, 0.1) is 27.7 Å². The third-order valence-corrected chi connectivity index (χ3v) is 5.12. The van der Waals surface area contributed by atoms with Crippen LogP contribution in [0.3, 0.4) is 0 Å². The van der Waals surface area contributed by atoms with Gasteiger partial charge in [0.15, 0.2) is 0 Å². The summed E-state index contributed by atoms with van der Waals surface area (Å²) in [4.78, 5) is 3.55. The first-order valence-electron chi connectivity index (χ1n) is 8.73. The number of aromatic nitrogens is 1. The van der Waals surface area contributed by atoms with Crippen molar-refractivity contribution in [3.8, 4) is 17.0 Å². The number of aryl methyl sites for hydroxylation is 3. The fourth-order valence-electron chi connectivity index (χ4n) is 3.46. The molecule has 1 N–H and O–H groups in total. The van der Waals surface area contributed by atoms with E-state index in [1.807, 2.05) is 0 Å². The van der Waals surface area contributed by atoms with Crippen molar-refractivity contribution in [2.24, 2.45) is 0 Å². The van der Waals surface area contributed by atoms with Crippen LogP contribution in [-0.4, -0.2) is 11.6 Å². The second-order valence-corrected chi connectivity index (χ2v) is 6.99. The smallest absolute Gasteiger partial charge is 0.130 e. The molecule has 1 aromatic heterocycles. The van der Waals surface area contributed by atoms with Gasteiger partial charge in [-0.1, -0.05) is 35.9 Å². The molecule has 0 radical (unpaired) electrons. The Bertz CT molecular complexity index is 974. The normalized spacial score (nSPS) is 13.2. The van der Waals surface area contributed by atoms with E-state index in [1.54, 1.807) is 0 Å². The van der Waals surface area contributed by atoms with Gasteiger partial charge in [0.2, 0.25) is 0 Å². The Morgan fingerprint density at radius 2 is 1.56 bits per heavy atom. The maximum absolute atomic E-state index is 6.10. The van der Waals surface area contributed by atoms with Crippen molar-refractivity contribution in [2.75, 3.05) is 6.61 Å². The highest BCUT2D eigenvalue weighted by Gasteiger charge is 2.19. The molecule has 0 atom stereocenters. The van der Waals surface area contributed by atoms with E-state index in [4.69, 9.17) is 4.74 Å². The van der Waals surface area contributed by atoms with Crippen molar-refractivity contribution < 1.29 is 4.74 Å². The quantitative estimate of drug-likeness (QED) is 0.627. The van der Waals surface area contributed by atoms with Crippen molar-refractivity contribution in [3.05, 3.63) is 76.0 Å². The summed E-state index contributed by atoms with van der Waals surface area (Å²) in [6, 6.07) is 15.1. The summed E-state index contributed by atoms with van der Waals surface area (Å²) < 4.78 is 6.10. The minimum atomic E-state index is 0.601. The van der Waals surface area contributed by atoms with Gasteiger partial charge < -0.3 is 9.72 Å². The molecule has 0 spiro atoms. The van der Waals surface area contributed by atoms with Gasteiger partial charge in [0.25, 0.3) is 0 Å². The summed E-state index contributed by atoms with van der Waals surface area (Å²) in [5, 5.41) is 0. The van der Waals surface area contributed by atoms with E-state index in [2.05, 4.69) is 81.2 Å². The van der Waals surface area contributed by atoms with E-state index >= 15 is 0 Å². The van der Waals surface area contributed by atoms with Crippen molar-refractivity contribution >= 4 is 11.6 Å². The van der Waals surface area contributed by atoms with Gasteiger partial charge in [-0.2, -0.15) is 0 Å². The molecular formula is C23H23NO. The second kappa shape index (κ2) is 5.96. The summed E-state index contributed by atoms with van der Waals surface area (Å²) >= 11 is 0. The fraction of sp³-hybridized carbons (Fsp3) is 0.217. The maximum Gasteiger partial charge on any atom is 0.130 e. The first-order chi connectivity index (χ1) is 12.0. The van der Waals surface area contributed by atoms with Crippen LogP contribution in [0.15, 0.2) is 42.5 Å². The number of H-pyrrole nitrogens is 1. The highest BCUT2D eigenvalue weighted by molar-refractivity contribution is 5.87. The Morgan fingerprint density at radius 3 is 2.32 bits per heavy atom. The van der Waals surface area contributed by atoms with Crippen LogP contribution in [0.25, 0.3) is 22.9 Å². The predicted octanol–water partition coefficient (Wildman–Crippen LogP) is 5.85. The zero-order valence-electron chi connectivity index (χ0n) is 15.2. The number of aromatic amines is 1. The lowest BCUT2D eigenvalue weighted by Crippen LogP contribution is -2.10. The van der Waals surface area contributed by atoms with Crippen LogP contribution < -0.4 is 4.74 Å². The number of hydrogen-bond acceptors (Lipinski definition) is 1. The van der Waals surface area contributed by atoms with E-state index in [0.29, 0.717) is 6.61 Å². The van der Waals surface area contributed by atoms with Crippen LogP contribution in [0.2, 0.25) is 0 Å². The molecule has 25 heavy (non-hydrogen) atoms. The first-order valence-corrected chi connectivity index (χ1v) is 8.73. The highest BCUT2D eigenvalue weighted by atomic mass is 16.5. The predicted molar refractivity (Wildman–Crippen MR) is 105 cm³/mol. The van der Waals surface area contributed by atoms with Crippen LogP contribution >= 0.6 is 0 Å². The molecule has 0 amide bonds. The minimum absolute atomic E-state index is 0.601.